The van der Waals surface area contributed by atoms with Crippen LogP contribution in [0, 0.1) is 0 Å². The van der Waals surface area contributed by atoms with Crippen LogP contribution >= 0.6 is 0 Å². The van der Waals surface area contributed by atoms with E-state index in [1.165, 1.54) is 15.5 Å². The first kappa shape index (κ1) is 28.4. The molecular weight excluding hydrogens is 442 g/mol. The molecule has 194 valence electrons. The Labute approximate surface area is 209 Å². The summed E-state index contributed by atoms with van der Waals surface area (Å²) in [4.78, 5) is 41.8. The van der Waals surface area contributed by atoms with Crippen LogP contribution in [0.1, 0.15) is 53.0 Å². The van der Waals surface area contributed by atoms with Gasteiger partial charge in [0.05, 0.1) is 6.04 Å². The lowest BCUT2D eigenvalue weighted by molar-refractivity contribution is -0.136. The lowest BCUT2D eigenvalue weighted by Crippen LogP contribution is -2.58. The molecule has 8 heteroatoms. The smallest absolute Gasteiger partial charge is 0.246 e. The average molecular weight is 486 g/mol. The van der Waals surface area contributed by atoms with Crippen LogP contribution in [-0.4, -0.2) is 78.4 Å². The molecule has 1 aliphatic rings. The highest BCUT2D eigenvalue weighted by Crippen LogP contribution is 2.28. The highest BCUT2D eigenvalue weighted by Gasteiger charge is 2.40. The Morgan fingerprint density at radius 1 is 1.17 bits per heavy atom. The molecule has 2 unspecified atom stereocenters. The van der Waals surface area contributed by atoms with Gasteiger partial charge in [-0.25, -0.2) is 0 Å². The van der Waals surface area contributed by atoms with Gasteiger partial charge in [-0.3, -0.25) is 19.3 Å². The minimum absolute atomic E-state index is 0.149. The van der Waals surface area contributed by atoms with Gasteiger partial charge >= 0.3 is 0 Å². The Balaban J connectivity index is 2.19. The van der Waals surface area contributed by atoms with Gasteiger partial charge < -0.3 is 20.1 Å². The average Bonchev–Trinajstić information content (AvgIpc) is 3.13. The number of fused-ring (bicyclic) bond motifs is 1. The van der Waals surface area contributed by atoms with Crippen LogP contribution in [0.3, 0.4) is 0 Å². The number of nitrogens with one attached hydrogen (secondary N) is 2. The summed E-state index contributed by atoms with van der Waals surface area (Å²) in [5.41, 5.74) is 1.18. The number of aryl methyl sites for hydroxylation is 1. The van der Waals surface area contributed by atoms with Crippen molar-refractivity contribution in [3.63, 3.8) is 0 Å². The zero-order valence-electron chi connectivity index (χ0n) is 22.9. The van der Waals surface area contributed by atoms with E-state index in [4.69, 9.17) is 0 Å². The van der Waals surface area contributed by atoms with Crippen molar-refractivity contribution in [1.29, 1.82) is 0 Å². The van der Waals surface area contributed by atoms with Crippen LogP contribution in [0.25, 0.3) is 12.2 Å². The minimum Gasteiger partial charge on any atom is -0.353 e. The second-order valence-electron chi connectivity index (χ2n) is 10.2. The summed E-state index contributed by atoms with van der Waals surface area (Å²) >= 11 is 0. The molecule has 0 aliphatic heterocycles. The molecule has 3 amide bonds. The molecule has 2 atom stereocenters. The quantitative estimate of drug-likeness (QED) is 0.476. The van der Waals surface area contributed by atoms with Crippen LogP contribution < -0.4 is 21.2 Å². The maximum absolute atomic E-state index is 13.5. The molecule has 0 saturated heterocycles. The maximum Gasteiger partial charge on any atom is 0.246 e. The van der Waals surface area contributed by atoms with Gasteiger partial charge in [-0.15, -0.1) is 0 Å². The van der Waals surface area contributed by atoms with E-state index >= 15 is 0 Å². The Kier molecular flexibility index (Phi) is 9.49. The largest absolute Gasteiger partial charge is 0.353 e. The second-order valence-corrected chi connectivity index (χ2v) is 10.2. The number of hydrogen-bond acceptors (Lipinski definition) is 4. The van der Waals surface area contributed by atoms with Crippen LogP contribution in [0.2, 0.25) is 0 Å². The Morgan fingerprint density at radius 3 is 2.40 bits per heavy atom. The van der Waals surface area contributed by atoms with Crippen LogP contribution in [0.4, 0.5) is 0 Å². The number of likely N-dealkylation sites (N-methyl/N-ethyl adjacent to an activating group) is 3. The highest BCUT2D eigenvalue weighted by molar-refractivity contribution is 5.93. The first-order valence-electron chi connectivity index (χ1n) is 12.4. The Bertz CT molecular complexity index is 1100. The summed E-state index contributed by atoms with van der Waals surface area (Å²) in [6.45, 7) is 10.3. The standard InChI is InChI=1S/C27H43N5O3/c1-10-28-24(33)18(2)15-16-31(8)26(35)19(3)29-25(34)23(30(6)7)27(4,5)21-17-32(9)22-14-12-11-13-20(21)22/h13-15,17,19,23H,10-12,16H2,1-9H3,(H,28,33)(H,29,34)/b18-15+. The van der Waals surface area contributed by atoms with Crippen molar-refractivity contribution in [3.05, 3.63) is 34.0 Å². The van der Waals surface area contributed by atoms with Gasteiger partial charge in [0.15, 0.2) is 0 Å². The van der Waals surface area contributed by atoms with Crippen LogP contribution in [-0.2, 0) is 26.8 Å². The van der Waals surface area contributed by atoms with Crippen LogP contribution in [0.15, 0.2) is 17.8 Å². The normalized spacial score (nSPS) is 15.4. The molecule has 0 spiro atoms. The molecule has 0 fully saturated rings. The molecule has 1 aromatic heterocycles. The van der Waals surface area contributed by atoms with Crippen molar-refractivity contribution in [1.82, 2.24) is 25.0 Å². The van der Waals surface area contributed by atoms with Gasteiger partial charge in [0.2, 0.25) is 17.7 Å². The fourth-order valence-corrected chi connectivity index (χ4v) is 4.89. The maximum atomic E-state index is 13.5. The molecule has 1 heterocycles. The molecule has 0 radical (unpaired) electrons. The van der Waals surface area contributed by atoms with Crippen molar-refractivity contribution in [2.45, 2.75) is 65.0 Å². The predicted molar refractivity (Wildman–Crippen MR) is 141 cm³/mol. The molecule has 1 aliphatic carbocycles. The number of amides is 3. The van der Waals surface area contributed by atoms with Crippen molar-refractivity contribution in [2.24, 2.45) is 7.05 Å². The van der Waals surface area contributed by atoms with Gasteiger partial charge in [-0.1, -0.05) is 32.1 Å². The second kappa shape index (κ2) is 11.7. The molecule has 0 saturated carbocycles. The summed E-state index contributed by atoms with van der Waals surface area (Å²) in [6.07, 6.45) is 10.4. The number of rotatable bonds is 10. The Morgan fingerprint density at radius 2 is 1.80 bits per heavy atom. The van der Waals surface area contributed by atoms with Crippen LogP contribution in [0.5, 0.6) is 0 Å². The minimum atomic E-state index is -0.700. The van der Waals surface area contributed by atoms with E-state index in [9.17, 15) is 14.4 Å². The summed E-state index contributed by atoms with van der Waals surface area (Å²) in [6, 6.07) is -1.18. The lowest BCUT2D eigenvalue weighted by Gasteiger charge is -2.38. The predicted octanol–water partition coefficient (Wildman–Crippen LogP) is 0.633. The van der Waals surface area contributed by atoms with E-state index in [-0.39, 0.29) is 24.3 Å². The van der Waals surface area contributed by atoms with E-state index in [2.05, 4.69) is 47.4 Å². The zero-order chi connectivity index (χ0) is 26.5. The molecule has 2 N–H and O–H groups in total. The van der Waals surface area contributed by atoms with E-state index in [0.717, 1.165) is 18.4 Å². The molecule has 1 aromatic rings. The van der Waals surface area contributed by atoms with Crippen molar-refractivity contribution < 1.29 is 14.4 Å². The molecular formula is C27H43N5O3. The third-order valence-electron chi connectivity index (χ3n) is 6.74. The fourth-order valence-electron chi connectivity index (χ4n) is 4.89. The third kappa shape index (κ3) is 6.42. The number of carbonyl (C=O) groups is 3. The summed E-state index contributed by atoms with van der Waals surface area (Å²) in [7, 11) is 7.50. The van der Waals surface area contributed by atoms with Gasteiger partial charge in [0, 0.05) is 49.7 Å². The number of aromatic nitrogens is 1. The van der Waals surface area contributed by atoms with Crippen molar-refractivity contribution >= 4 is 29.9 Å². The molecule has 35 heavy (non-hydrogen) atoms. The lowest BCUT2D eigenvalue weighted by atomic mass is 9.76. The topological polar surface area (TPSA) is 86.7 Å². The van der Waals surface area contributed by atoms with E-state index in [0.29, 0.717) is 12.1 Å². The zero-order valence-corrected chi connectivity index (χ0v) is 22.9. The summed E-state index contributed by atoms with van der Waals surface area (Å²) < 4.78 is 2.13. The van der Waals surface area contributed by atoms with Gasteiger partial charge in [-0.05, 0) is 58.5 Å². The Hall–Kier alpha value is -2.87. The third-order valence-corrected chi connectivity index (χ3v) is 6.74. The van der Waals surface area contributed by atoms with Gasteiger partial charge in [0.1, 0.15) is 6.04 Å². The fraction of sp³-hybridized carbons (Fsp3) is 0.593. The number of hydrogen-bond donors (Lipinski definition) is 2. The van der Waals surface area contributed by atoms with Gasteiger partial charge in [-0.2, -0.15) is 0 Å². The number of nitrogens with zero attached hydrogens (tertiary/aromatic N) is 3. The molecule has 8 nitrogen and oxygen atoms in total. The molecule has 0 bridgehead atoms. The first-order chi connectivity index (χ1) is 16.3. The first-order valence-corrected chi connectivity index (χ1v) is 12.4. The summed E-state index contributed by atoms with van der Waals surface area (Å²) in [5, 5.41) is 8.07. The highest BCUT2D eigenvalue weighted by atomic mass is 16.2. The van der Waals surface area contributed by atoms with Crippen molar-refractivity contribution in [2.75, 3.05) is 34.2 Å². The molecule has 0 aromatic carbocycles. The van der Waals surface area contributed by atoms with Gasteiger partial charge in [0.25, 0.3) is 0 Å². The van der Waals surface area contributed by atoms with Crippen molar-refractivity contribution in [3.8, 4) is 0 Å². The molecule has 2 rings (SSSR count). The van der Waals surface area contributed by atoms with E-state index in [1.54, 1.807) is 27.0 Å². The number of carbonyl (C=O) groups excluding carboxylic acids is 3. The van der Waals surface area contributed by atoms with E-state index < -0.39 is 17.5 Å². The monoisotopic (exact) mass is 485 g/mol. The summed E-state index contributed by atoms with van der Waals surface area (Å²) in [5.74, 6) is -0.557. The van der Waals surface area contributed by atoms with E-state index in [1.807, 2.05) is 33.0 Å². The SMILES string of the molecule is CCNC(=O)/C(C)=C/CN(C)C(=O)C(C)NC(=O)C(N(C)C)C(C)(C)c1cn(C)c2c1=CCCC=2.